The van der Waals surface area contributed by atoms with Crippen molar-refractivity contribution in [2.75, 3.05) is 0 Å². The summed E-state index contributed by atoms with van der Waals surface area (Å²) in [4.78, 5) is 21.0. The Kier molecular flexibility index (Phi) is 1.28. The molecule has 2 atom stereocenters. The van der Waals surface area contributed by atoms with Crippen molar-refractivity contribution in [1.82, 2.24) is 0 Å². The summed E-state index contributed by atoms with van der Waals surface area (Å²) in [5, 5.41) is 8.57. The van der Waals surface area contributed by atoms with Crippen molar-refractivity contribution in [3.63, 3.8) is 0 Å². The van der Waals surface area contributed by atoms with Gasteiger partial charge in [0.1, 0.15) is 5.78 Å². The van der Waals surface area contributed by atoms with Crippen molar-refractivity contribution in [3.05, 3.63) is 0 Å². The van der Waals surface area contributed by atoms with E-state index >= 15 is 0 Å². The first-order valence-electron chi connectivity index (χ1n) is 3.93. The molecule has 0 aliphatic heterocycles. The lowest BCUT2D eigenvalue weighted by Crippen LogP contribution is -2.26. The minimum absolute atomic E-state index is 0.131. The molecule has 1 N–H and O–H groups in total. The molecule has 0 saturated heterocycles. The maximum atomic E-state index is 10.6. The molecule has 0 bridgehead atoms. The third-order valence-corrected chi connectivity index (χ3v) is 2.74. The Balaban J connectivity index is 1.83. The summed E-state index contributed by atoms with van der Waals surface area (Å²) in [6.07, 6.45) is 2.07. The quantitative estimate of drug-likeness (QED) is 0.636. The molecule has 0 aromatic heterocycles. The van der Waals surface area contributed by atoms with Crippen molar-refractivity contribution >= 4 is 11.8 Å². The van der Waals surface area contributed by atoms with Gasteiger partial charge in [-0.15, -0.1) is 0 Å². The summed E-state index contributed by atoms with van der Waals surface area (Å²) in [6, 6.07) is 0. The molecule has 2 aliphatic carbocycles. The van der Waals surface area contributed by atoms with Crippen LogP contribution in [0.1, 0.15) is 19.3 Å². The van der Waals surface area contributed by atoms with Gasteiger partial charge in [0, 0.05) is 12.8 Å². The van der Waals surface area contributed by atoms with Crippen LogP contribution >= 0.6 is 0 Å². The standard InChI is InChI=1S/C8H10O3/c9-5-1-4(2-5)6-3-7(6)8(10)11/h4,6-7H,1-3H2,(H,10,11)/t6-,7+/m0/s1. The van der Waals surface area contributed by atoms with E-state index in [1.807, 2.05) is 0 Å². The average molecular weight is 154 g/mol. The topological polar surface area (TPSA) is 54.4 Å². The van der Waals surface area contributed by atoms with Gasteiger partial charge in [-0.1, -0.05) is 0 Å². The third-order valence-electron chi connectivity index (χ3n) is 2.74. The minimum Gasteiger partial charge on any atom is -0.481 e. The molecule has 2 fully saturated rings. The number of carboxylic acids is 1. The van der Waals surface area contributed by atoms with Crippen molar-refractivity contribution in [3.8, 4) is 0 Å². The van der Waals surface area contributed by atoms with Crippen LogP contribution in [0.25, 0.3) is 0 Å². The van der Waals surface area contributed by atoms with Crippen LogP contribution < -0.4 is 0 Å². The highest BCUT2D eigenvalue weighted by atomic mass is 16.4. The van der Waals surface area contributed by atoms with E-state index < -0.39 is 5.97 Å². The summed E-state index contributed by atoms with van der Waals surface area (Å²) in [5.74, 6) is 0.210. The smallest absolute Gasteiger partial charge is 0.306 e. The van der Waals surface area contributed by atoms with Gasteiger partial charge >= 0.3 is 5.97 Å². The van der Waals surface area contributed by atoms with E-state index in [4.69, 9.17) is 5.11 Å². The number of rotatable bonds is 2. The van der Waals surface area contributed by atoms with Gasteiger partial charge < -0.3 is 5.11 Å². The second-order valence-electron chi connectivity index (χ2n) is 3.55. The monoisotopic (exact) mass is 154 g/mol. The summed E-state index contributed by atoms with van der Waals surface area (Å²) in [7, 11) is 0. The molecule has 0 amide bonds. The largest absolute Gasteiger partial charge is 0.481 e. The van der Waals surface area contributed by atoms with Crippen LogP contribution in [0.4, 0.5) is 0 Å². The van der Waals surface area contributed by atoms with Gasteiger partial charge in [0.15, 0.2) is 0 Å². The van der Waals surface area contributed by atoms with E-state index in [-0.39, 0.29) is 5.92 Å². The lowest BCUT2D eigenvalue weighted by molar-refractivity contribution is -0.140. The molecule has 2 aliphatic rings. The summed E-state index contributed by atoms with van der Waals surface area (Å²) < 4.78 is 0. The number of carboxylic acid groups (broad SMARTS) is 1. The van der Waals surface area contributed by atoms with Crippen LogP contribution in [-0.2, 0) is 9.59 Å². The van der Waals surface area contributed by atoms with E-state index in [0.29, 0.717) is 30.5 Å². The fraction of sp³-hybridized carbons (Fsp3) is 0.750. The minimum atomic E-state index is -0.686. The van der Waals surface area contributed by atoms with Crippen molar-refractivity contribution in [2.45, 2.75) is 19.3 Å². The second-order valence-corrected chi connectivity index (χ2v) is 3.55. The summed E-state index contributed by atoms with van der Waals surface area (Å²) >= 11 is 0. The van der Waals surface area contributed by atoms with Crippen LogP contribution in [0.2, 0.25) is 0 Å². The number of hydrogen-bond donors (Lipinski definition) is 1. The van der Waals surface area contributed by atoms with Crippen LogP contribution in [0.15, 0.2) is 0 Å². The maximum absolute atomic E-state index is 10.6. The normalized spacial score (nSPS) is 36.5. The predicted octanol–water partition coefficient (Wildman–Crippen LogP) is 0.686. The van der Waals surface area contributed by atoms with Crippen LogP contribution in [0.3, 0.4) is 0 Å². The molecule has 0 spiro atoms. The zero-order chi connectivity index (χ0) is 8.01. The van der Waals surface area contributed by atoms with Gasteiger partial charge in [-0.25, -0.2) is 0 Å². The Labute approximate surface area is 64.4 Å². The van der Waals surface area contributed by atoms with E-state index in [1.165, 1.54) is 0 Å². The molecular formula is C8H10O3. The Morgan fingerprint density at radius 2 is 2.09 bits per heavy atom. The van der Waals surface area contributed by atoms with Gasteiger partial charge in [-0.05, 0) is 18.3 Å². The van der Waals surface area contributed by atoms with Crippen molar-refractivity contribution in [1.29, 1.82) is 0 Å². The molecule has 2 rings (SSSR count). The molecule has 0 unspecified atom stereocenters. The molecule has 0 aromatic rings. The van der Waals surface area contributed by atoms with Crippen molar-refractivity contribution in [2.24, 2.45) is 17.8 Å². The highest BCUT2D eigenvalue weighted by Crippen LogP contribution is 2.50. The Morgan fingerprint density at radius 3 is 2.45 bits per heavy atom. The zero-order valence-electron chi connectivity index (χ0n) is 6.12. The SMILES string of the molecule is O=C1CC([C@@H]2C[C@H]2C(=O)O)C1. The Hall–Kier alpha value is -0.860. The van der Waals surface area contributed by atoms with Crippen LogP contribution in [0.5, 0.6) is 0 Å². The lowest BCUT2D eigenvalue weighted by atomic mass is 9.80. The van der Waals surface area contributed by atoms with Gasteiger partial charge in [-0.3, -0.25) is 9.59 Å². The number of aliphatic carboxylic acids is 1. The van der Waals surface area contributed by atoms with Crippen LogP contribution in [-0.4, -0.2) is 16.9 Å². The molecular weight excluding hydrogens is 144 g/mol. The molecule has 0 aromatic carbocycles. The number of carbonyl (C=O) groups excluding carboxylic acids is 1. The first-order valence-corrected chi connectivity index (χ1v) is 3.93. The number of Topliss-reactive ketones (excluding diaryl/α,β-unsaturated/α-hetero) is 1. The van der Waals surface area contributed by atoms with Crippen molar-refractivity contribution < 1.29 is 14.7 Å². The average Bonchev–Trinajstić information content (AvgIpc) is 2.58. The van der Waals surface area contributed by atoms with Gasteiger partial charge in [0.05, 0.1) is 5.92 Å². The Bertz CT molecular complexity index is 213. The number of ketones is 1. The summed E-state index contributed by atoms with van der Waals surface area (Å²) in [6.45, 7) is 0. The molecule has 0 heterocycles. The van der Waals surface area contributed by atoms with E-state index in [0.717, 1.165) is 6.42 Å². The molecule has 60 valence electrons. The van der Waals surface area contributed by atoms with Crippen LogP contribution in [0, 0.1) is 17.8 Å². The highest BCUT2D eigenvalue weighted by molar-refractivity contribution is 5.85. The molecule has 11 heavy (non-hydrogen) atoms. The van der Waals surface area contributed by atoms with E-state index in [2.05, 4.69) is 0 Å². The lowest BCUT2D eigenvalue weighted by Gasteiger charge is -2.23. The fourth-order valence-corrected chi connectivity index (χ4v) is 1.85. The maximum Gasteiger partial charge on any atom is 0.306 e. The van der Waals surface area contributed by atoms with Gasteiger partial charge in [-0.2, -0.15) is 0 Å². The number of hydrogen-bond acceptors (Lipinski definition) is 2. The Morgan fingerprint density at radius 1 is 1.45 bits per heavy atom. The first-order chi connectivity index (χ1) is 5.18. The summed E-state index contributed by atoms with van der Waals surface area (Å²) in [5.41, 5.74) is 0. The highest BCUT2D eigenvalue weighted by Gasteiger charge is 2.51. The van der Waals surface area contributed by atoms with E-state index in [1.54, 1.807) is 0 Å². The fourth-order valence-electron chi connectivity index (χ4n) is 1.85. The third kappa shape index (κ3) is 1.04. The van der Waals surface area contributed by atoms with E-state index in [9.17, 15) is 9.59 Å². The predicted molar refractivity (Wildman–Crippen MR) is 37.0 cm³/mol. The zero-order valence-corrected chi connectivity index (χ0v) is 6.12. The van der Waals surface area contributed by atoms with Gasteiger partial charge in [0.25, 0.3) is 0 Å². The molecule has 0 radical (unpaired) electrons. The first kappa shape index (κ1) is 6.83. The second kappa shape index (κ2) is 2.06. The molecule has 2 saturated carbocycles. The molecule has 3 heteroatoms. The molecule has 3 nitrogen and oxygen atoms in total. The van der Waals surface area contributed by atoms with Gasteiger partial charge in [0.2, 0.25) is 0 Å². The number of carbonyl (C=O) groups is 2.